The number of carbonyl (C=O) groups excluding carboxylic acids is 2. The molecule has 1 aromatic carbocycles. The van der Waals surface area contributed by atoms with Crippen molar-refractivity contribution < 1.29 is 27.8 Å². The van der Waals surface area contributed by atoms with Gasteiger partial charge in [-0.2, -0.15) is 0 Å². The maximum atomic E-state index is 14.8. The molecule has 0 radical (unpaired) electrons. The number of carbonyl (C=O) groups is 2. The van der Waals surface area contributed by atoms with E-state index in [1.807, 2.05) is 10.3 Å². The van der Waals surface area contributed by atoms with Crippen LogP contribution in [0.2, 0.25) is 0 Å². The molecule has 1 unspecified atom stereocenters. The van der Waals surface area contributed by atoms with Gasteiger partial charge in [-0.05, 0) is 37.0 Å². The van der Waals surface area contributed by atoms with Crippen molar-refractivity contribution in [1.82, 2.24) is 15.2 Å². The number of alkyl carbamates (subject to hydrolysis) is 1. The molecule has 178 valence electrons. The zero-order valence-corrected chi connectivity index (χ0v) is 19.4. The lowest BCUT2D eigenvalue weighted by Gasteiger charge is -2.38. The van der Waals surface area contributed by atoms with E-state index in [-0.39, 0.29) is 36.6 Å². The van der Waals surface area contributed by atoms with Gasteiger partial charge in [0.25, 0.3) is 0 Å². The summed E-state index contributed by atoms with van der Waals surface area (Å²) in [6.45, 7) is 2.18. The molecule has 1 fully saturated rings. The second-order valence-corrected chi connectivity index (χ2v) is 9.10. The number of rotatable bonds is 4. The van der Waals surface area contributed by atoms with Gasteiger partial charge in [0, 0.05) is 30.2 Å². The first-order valence-electron chi connectivity index (χ1n) is 10.9. The summed E-state index contributed by atoms with van der Waals surface area (Å²) >= 11 is 1.38. The van der Waals surface area contributed by atoms with Crippen LogP contribution in [0.3, 0.4) is 0 Å². The second kappa shape index (κ2) is 8.46. The number of hydrogen-bond acceptors (Lipinski definition) is 8. The molecule has 2 aliphatic heterocycles. The summed E-state index contributed by atoms with van der Waals surface area (Å²) in [7, 11) is 1.28. The van der Waals surface area contributed by atoms with Gasteiger partial charge in [-0.15, -0.1) is 11.3 Å². The number of benzene rings is 1. The molecule has 8 nitrogen and oxygen atoms in total. The Labute approximate surface area is 198 Å². The summed E-state index contributed by atoms with van der Waals surface area (Å²) in [5, 5.41) is 5.22. The molecule has 1 saturated heterocycles. The predicted molar refractivity (Wildman–Crippen MR) is 119 cm³/mol. The SMILES string of the molecule is CCOC(=O)C1=C2C[C@H](NC(=O)OC)CN2C(c2nccs2)=NC12CCc1c2ccc(F)c1F. The number of nitrogens with zero attached hydrogens (tertiary/aromatic N) is 3. The summed E-state index contributed by atoms with van der Waals surface area (Å²) in [5.41, 5.74) is 0.315. The third-order valence-corrected chi connectivity index (χ3v) is 7.18. The average Bonchev–Trinajstić information content (AvgIpc) is 3.56. The van der Waals surface area contributed by atoms with E-state index in [1.54, 1.807) is 13.1 Å². The van der Waals surface area contributed by atoms with Crippen molar-refractivity contribution in [2.24, 2.45) is 4.99 Å². The van der Waals surface area contributed by atoms with Crippen LogP contribution >= 0.6 is 11.3 Å². The van der Waals surface area contributed by atoms with Crippen molar-refractivity contribution >= 4 is 29.2 Å². The highest BCUT2D eigenvalue weighted by molar-refractivity contribution is 7.11. The Bertz CT molecular complexity index is 1230. The van der Waals surface area contributed by atoms with Crippen LogP contribution in [0.15, 0.2) is 40.0 Å². The molecule has 5 rings (SSSR count). The van der Waals surface area contributed by atoms with E-state index in [4.69, 9.17) is 14.5 Å². The lowest BCUT2D eigenvalue weighted by molar-refractivity contribution is -0.139. The van der Waals surface area contributed by atoms with Crippen LogP contribution in [0.1, 0.15) is 35.9 Å². The molecule has 1 aliphatic carbocycles. The Morgan fingerprint density at radius 2 is 2.18 bits per heavy atom. The number of esters is 1. The summed E-state index contributed by atoms with van der Waals surface area (Å²) in [6, 6.07) is 2.20. The van der Waals surface area contributed by atoms with Gasteiger partial charge in [-0.25, -0.2) is 28.3 Å². The fraction of sp³-hybridized carbons (Fsp3) is 0.391. The van der Waals surface area contributed by atoms with E-state index in [0.29, 0.717) is 35.1 Å². The molecule has 3 heterocycles. The van der Waals surface area contributed by atoms with Gasteiger partial charge in [0.1, 0.15) is 5.54 Å². The molecule has 0 saturated carbocycles. The number of methoxy groups -OCH3 is 1. The second-order valence-electron chi connectivity index (χ2n) is 8.21. The van der Waals surface area contributed by atoms with Crippen LogP contribution in [0.4, 0.5) is 13.6 Å². The number of nitrogens with one attached hydrogen (secondary N) is 1. The molecule has 11 heteroatoms. The maximum Gasteiger partial charge on any atom is 0.407 e. The fourth-order valence-electron chi connectivity index (χ4n) is 5.08. The highest BCUT2D eigenvalue weighted by Gasteiger charge is 2.54. The molecular weight excluding hydrogens is 466 g/mol. The van der Waals surface area contributed by atoms with E-state index in [9.17, 15) is 18.4 Å². The molecule has 2 aromatic rings. The van der Waals surface area contributed by atoms with Gasteiger partial charge in [0.15, 0.2) is 22.5 Å². The fourth-order valence-corrected chi connectivity index (χ4v) is 5.71. The lowest BCUT2D eigenvalue weighted by atomic mass is 9.81. The molecule has 34 heavy (non-hydrogen) atoms. The predicted octanol–water partition coefficient (Wildman–Crippen LogP) is 3.27. The van der Waals surface area contributed by atoms with E-state index in [2.05, 4.69) is 10.3 Å². The van der Waals surface area contributed by atoms with Gasteiger partial charge in [-0.1, -0.05) is 6.07 Å². The Balaban J connectivity index is 1.73. The number of hydrogen-bond donors (Lipinski definition) is 1. The molecule has 3 aliphatic rings. The van der Waals surface area contributed by atoms with Crippen molar-refractivity contribution in [3.8, 4) is 0 Å². The number of halogens is 2. The van der Waals surface area contributed by atoms with Crippen LogP contribution in [0.25, 0.3) is 0 Å². The minimum absolute atomic E-state index is 0.142. The van der Waals surface area contributed by atoms with Crippen LogP contribution in [-0.4, -0.2) is 54.1 Å². The third kappa shape index (κ3) is 3.37. The standard InChI is InChI=1S/C23H22F2N4O4S/c1-3-33-21(30)17-16-10-12(27-22(31)32-2)11-29(16)19(20-26-8-9-34-20)28-23(17)7-6-13-14(23)4-5-15(24)18(13)25/h4-5,8-9,12H,3,6-7,10-11H2,1-2H3,(H,27,31)/t12-,23?/m0/s1. The molecule has 1 amide bonds. The molecule has 1 N–H and O–H groups in total. The highest BCUT2D eigenvalue weighted by atomic mass is 32.1. The summed E-state index contributed by atoms with van der Waals surface area (Å²) < 4.78 is 39.0. The minimum atomic E-state index is -1.25. The smallest absolute Gasteiger partial charge is 0.407 e. The topological polar surface area (TPSA) is 93.1 Å². The summed E-state index contributed by atoms with van der Waals surface area (Å²) in [5.74, 6) is -1.91. The summed E-state index contributed by atoms with van der Waals surface area (Å²) in [6.07, 6.45) is 1.87. The van der Waals surface area contributed by atoms with Gasteiger partial charge in [-0.3, -0.25) is 0 Å². The van der Waals surface area contributed by atoms with Crippen LogP contribution in [0, 0.1) is 11.6 Å². The van der Waals surface area contributed by atoms with E-state index >= 15 is 0 Å². The Morgan fingerprint density at radius 1 is 1.35 bits per heavy atom. The van der Waals surface area contributed by atoms with Crippen molar-refractivity contribution in [3.05, 3.63) is 62.7 Å². The molecular formula is C23H22F2N4O4S. The molecule has 1 aromatic heterocycles. The van der Waals surface area contributed by atoms with Gasteiger partial charge < -0.3 is 19.7 Å². The first-order valence-corrected chi connectivity index (χ1v) is 11.8. The lowest BCUT2D eigenvalue weighted by Crippen LogP contribution is -2.43. The number of aromatic nitrogens is 1. The normalized spacial score (nSPS) is 23.0. The van der Waals surface area contributed by atoms with Crippen LogP contribution in [-0.2, 0) is 26.2 Å². The van der Waals surface area contributed by atoms with Gasteiger partial charge in [0.05, 0.1) is 25.3 Å². The first-order chi connectivity index (χ1) is 16.4. The number of ether oxygens (including phenoxy) is 2. The largest absolute Gasteiger partial charge is 0.463 e. The Kier molecular flexibility index (Phi) is 5.59. The van der Waals surface area contributed by atoms with Crippen molar-refractivity contribution in [2.75, 3.05) is 20.3 Å². The number of amidine groups is 1. The van der Waals surface area contributed by atoms with E-state index in [1.165, 1.54) is 24.5 Å². The number of aliphatic imine (C=N–C) groups is 1. The van der Waals surface area contributed by atoms with Gasteiger partial charge in [0.2, 0.25) is 0 Å². The third-order valence-electron chi connectivity index (χ3n) is 6.41. The average molecular weight is 489 g/mol. The van der Waals surface area contributed by atoms with Crippen molar-refractivity contribution in [1.29, 1.82) is 0 Å². The zero-order chi connectivity index (χ0) is 24.0. The monoisotopic (exact) mass is 488 g/mol. The van der Waals surface area contributed by atoms with Crippen molar-refractivity contribution in [2.45, 2.75) is 37.8 Å². The quantitative estimate of drug-likeness (QED) is 0.664. The first kappa shape index (κ1) is 22.5. The molecule has 1 spiro atoms. The number of fused-ring (bicyclic) bond motifs is 3. The highest BCUT2D eigenvalue weighted by Crippen LogP contribution is 2.52. The number of amides is 1. The summed E-state index contributed by atoms with van der Waals surface area (Å²) in [4.78, 5) is 36.6. The Morgan fingerprint density at radius 3 is 2.88 bits per heavy atom. The minimum Gasteiger partial charge on any atom is -0.463 e. The van der Waals surface area contributed by atoms with E-state index in [0.717, 1.165) is 6.07 Å². The number of thiazole rings is 1. The van der Waals surface area contributed by atoms with Gasteiger partial charge >= 0.3 is 12.1 Å². The molecule has 2 atom stereocenters. The van der Waals surface area contributed by atoms with E-state index < -0.39 is 29.2 Å². The maximum absolute atomic E-state index is 14.8. The van der Waals surface area contributed by atoms with Crippen molar-refractivity contribution in [3.63, 3.8) is 0 Å². The van der Waals surface area contributed by atoms with Crippen LogP contribution in [0.5, 0.6) is 0 Å². The zero-order valence-electron chi connectivity index (χ0n) is 18.6. The molecule has 0 bridgehead atoms. The Hall–Kier alpha value is -3.34. The van der Waals surface area contributed by atoms with Crippen LogP contribution < -0.4 is 5.32 Å².